The van der Waals surface area contributed by atoms with Crippen molar-refractivity contribution in [1.29, 1.82) is 0 Å². The molecule has 78 valence electrons. The SMILES string of the molecule is CCNC(=O)NCc1ncc(CC)s1. The Morgan fingerprint density at radius 3 is 2.86 bits per heavy atom. The van der Waals surface area contributed by atoms with Gasteiger partial charge in [-0.1, -0.05) is 6.92 Å². The van der Waals surface area contributed by atoms with Crippen LogP contribution in [0, 0.1) is 0 Å². The van der Waals surface area contributed by atoms with Gasteiger partial charge in [0, 0.05) is 17.6 Å². The fourth-order valence-electron chi connectivity index (χ4n) is 0.972. The monoisotopic (exact) mass is 213 g/mol. The summed E-state index contributed by atoms with van der Waals surface area (Å²) in [5, 5.41) is 6.35. The summed E-state index contributed by atoms with van der Waals surface area (Å²) in [6.45, 7) is 5.13. The van der Waals surface area contributed by atoms with Crippen molar-refractivity contribution in [3.8, 4) is 0 Å². The van der Waals surface area contributed by atoms with Gasteiger partial charge in [0.15, 0.2) is 0 Å². The minimum absolute atomic E-state index is 0.138. The average molecular weight is 213 g/mol. The summed E-state index contributed by atoms with van der Waals surface area (Å²) in [4.78, 5) is 16.5. The summed E-state index contributed by atoms with van der Waals surface area (Å²) in [5.74, 6) is 0. The number of aryl methyl sites for hydroxylation is 1. The maximum Gasteiger partial charge on any atom is 0.315 e. The van der Waals surface area contributed by atoms with Gasteiger partial charge in [-0.05, 0) is 13.3 Å². The Bertz CT molecular complexity index is 298. The molecule has 0 fully saturated rings. The highest BCUT2D eigenvalue weighted by Gasteiger charge is 2.02. The Morgan fingerprint density at radius 2 is 2.29 bits per heavy atom. The Balaban J connectivity index is 2.34. The van der Waals surface area contributed by atoms with Crippen LogP contribution in [0.15, 0.2) is 6.20 Å². The highest BCUT2D eigenvalue weighted by atomic mass is 32.1. The number of hydrogen-bond donors (Lipinski definition) is 2. The second-order valence-corrected chi connectivity index (χ2v) is 3.99. The Hall–Kier alpha value is -1.10. The van der Waals surface area contributed by atoms with Gasteiger partial charge >= 0.3 is 6.03 Å². The Morgan fingerprint density at radius 1 is 1.50 bits per heavy atom. The fraction of sp³-hybridized carbons (Fsp3) is 0.556. The van der Waals surface area contributed by atoms with E-state index in [0.29, 0.717) is 13.1 Å². The predicted molar refractivity (Wildman–Crippen MR) is 57.4 cm³/mol. The van der Waals surface area contributed by atoms with Crippen molar-refractivity contribution in [3.63, 3.8) is 0 Å². The highest BCUT2D eigenvalue weighted by Crippen LogP contribution is 2.12. The molecule has 5 heteroatoms. The lowest BCUT2D eigenvalue weighted by Crippen LogP contribution is -2.34. The van der Waals surface area contributed by atoms with Crippen LogP contribution in [0.25, 0.3) is 0 Å². The number of nitrogens with zero attached hydrogens (tertiary/aromatic N) is 1. The summed E-state index contributed by atoms with van der Waals surface area (Å²) >= 11 is 1.64. The number of urea groups is 1. The lowest BCUT2D eigenvalue weighted by atomic mass is 10.4. The van der Waals surface area contributed by atoms with E-state index in [2.05, 4.69) is 22.5 Å². The van der Waals surface area contributed by atoms with Crippen LogP contribution in [-0.4, -0.2) is 17.6 Å². The lowest BCUT2D eigenvalue weighted by molar-refractivity contribution is 0.241. The minimum atomic E-state index is -0.138. The third kappa shape index (κ3) is 3.33. The van der Waals surface area contributed by atoms with Crippen molar-refractivity contribution in [2.24, 2.45) is 0 Å². The van der Waals surface area contributed by atoms with E-state index < -0.39 is 0 Å². The van der Waals surface area contributed by atoms with Crippen molar-refractivity contribution >= 4 is 17.4 Å². The van der Waals surface area contributed by atoms with Crippen LogP contribution in [0.3, 0.4) is 0 Å². The van der Waals surface area contributed by atoms with Gasteiger partial charge in [0.05, 0.1) is 6.54 Å². The van der Waals surface area contributed by atoms with E-state index >= 15 is 0 Å². The topological polar surface area (TPSA) is 54.0 Å². The fourth-order valence-corrected chi connectivity index (χ4v) is 1.77. The van der Waals surface area contributed by atoms with E-state index in [1.54, 1.807) is 11.3 Å². The summed E-state index contributed by atoms with van der Waals surface area (Å²) in [5.41, 5.74) is 0. The number of carbonyl (C=O) groups excluding carboxylic acids is 1. The van der Waals surface area contributed by atoms with Gasteiger partial charge < -0.3 is 10.6 Å². The predicted octanol–water partition coefficient (Wildman–Crippen LogP) is 1.52. The average Bonchev–Trinajstić information content (AvgIpc) is 2.63. The molecule has 0 spiro atoms. The second-order valence-electron chi connectivity index (χ2n) is 2.79. The Labute approximate surface area is 87.7 Å². The van der Waals surface area contributed by atoms with Crippen LogP contribution in [0.4, 0.5) is 4.79 Å². The summed E-state index contributed by atoms with van der Waals surface area (Å²) in [6, 6.07) is -0.138. The number of rotatable bonds is 4. The highest BCUT2D eigenvalue weighted by molar-refractivity contribution is 7.11. The zero-order valence-corrected chi connectivity index (χ0v) is 9.28. The molecule has 1 aromatic heterocycles. The first-order valence-corrected chi connectivity index (χ1v) is 5.53. The minimum Gasteiger partial charge on any atom is -0.338 e. The summed E-state index contributed by atoms with van der Waals surface area (Å²) in [6.07, 6.45) is 2.86. The number of nitrogens with one attached hydrogen (secondary N) is 2. The zero-order valence-electron chi connectivity index (χ0n) is 8.46. The summed E-state index contributed by atoms with van der Waals surface area (Å²) < 4.78 is 0. The van der Waals surface area contributed by atoms with Gasteiger partial charge in [-0.15, -0.1) is 11.3 Å². The van der Waals surface area contributed by atoms with Crippen molar-refractivity contribution in [1.82, 2.24) is 15.6 Å². The molecule has 0 atom stereocenters. The molecule has 1 rings (SSSR count). The third-order valence-corrected chi connectivity index (χ3v) is 2.83. The van der Waals surface area contributed by atoms with Gasteiger partial charge in [0.1, 0.15) is 5.01 Å². The zero-order chi connectivity index (χ0) is 10.4. The van der Waals surface area contributed by atoms with Crippen molar-refractivity contribution in [2.75, 3.05) is 6.54 Å². The molecule has 1 heterocycles. The number of hydrogen-bond acceptors (Lipinski definition) is 3. The van der Waals surface area contributed by atoms with Gasteiger partial charge in [-0.2, -0.15) is 0 Å². The molecular formula is C9H15N3OS. The normalized spacial score (nSPS) is 9.86. The Kier molecular flexibility index (Phi) is 4.39. The number of aromatic nitrogens is 1. The quantitative estimate of drug-likeness (QED) is 0.797. The molecule has 0 aliphatic carbocycles. The number of carbonyl (C=O) groups is 1. The van der Waals surface area contributed by atoms with E-state index in [-0.39, 0.29) is 6.03 Å². The molecule has 0 aromatic carbocycles. The van der Waals surface area contributed by atoms with Crippen LogP contribution in [0.1, 0.15) is 23.7 Å². The molecule has 0 aliphatic rings. The number of thiazole rings is 1. The van der Waals surface area contributed by atoms with E-state index in [0.717, 1.165) is 11.4 Å². The molecule has 0 saturated heterocycles. The molecule has 4 nitrogen and oxygen atoms in total. The smallest absolute Gasteiger partial charge is 0.315 e. The molecule has 0 saturated carbocycles. The summed E-state index contributed by atoms with van der Waals surface area (Å²) in [7, 11) is 0. The molecule has 1 aromatic rings. The number of amides is 2. The second kappa shape index (κ2) is 5.59. The molecule has 0 aliphatic heterocycles. The maximum absolute atomic E-state index is 11.0. The van der Waals surface area contributed by atoms with E-state index in [1.807, 2.05) is 13.1 Å². The van der Waals surface area contributed by atoms with Crippen molar-refractivity contribution in [3.05, 3.63) is 16.1 Å². The molecule has 0 unspecified atom stereocenters. The van der Waals surface area contributed by atoms with Crippen LogP contribution < -0.4 is 10.6 Å². The third-order valence-electron chi connectivity index (χ3n) is 1.69. The first kappa shape index (κ1) is 11.0. The van der Waals surface area contributed by atoms with E-state index in [1.165, 1.54) is 4.88 Å². The van der Waals surface area contributed by atoms with Gasteiger partial charge in [0.25, 0.3) is 0 Å². The van der Waals surface area contributed by atoms with E-state index in [4.69, 9.17) is 0 Å². The first-order valence-electron chi connectivity index (χ1n) is 4.71. The maximum atomic E-state index is 11.0. The van der Waals surface area contributed by atoms with Crippen molar-refractivity contribution < 1.29 is 4.79 Å². The molecule has 0 radical (unpaired) electrons. The van der Waals surface area contributed by atoms with Gasteiger partial charge in [0.2, 0.25) is 0 Å². The van der Waals surface area contributed by atoms with Gasteiger partial charge in [-0.3, -0.25) is 0 Å². The standard InChI is InChI=1S/C9H15N3OS/c1-3-7-5-11-8(14-7)6-12-9(13)10-4-2/h5H,3-4,6H2,1-2H3,(H2,10,12,13). The molecular weight excluding hydrogens is 198 g/mol. The molecule has 2 amide bonds. The first-order chi connectivity index (χ1) is 6.76. The van der Waals surface area contributed by atoms with Crippen LogP contribution in [0.2, 0.25) is 0 Å². The van der Waals surface area contributed by atoms with Gasteiger partial charge in [-0.25, -0.2) is 9.78 Å². The van der Waals surface area contributed by atoms with E-state index in [9.17, 15) is 4.79 Å². The van der Waals surface area contributed by atoms with Crippen LogP contribution in [0.5, 0.6) is 0 Å². The van der Waals surface area contributed by atoms with Crippen molar-refractivity contribution in [2.45, 2.75) is 26.8 Å². The largest absolute Gasteiger partial charge is 0.338 e. The van der Waals surface area contributed by atoms with Crippen LogP contribution in [-0.2, 0) is 13.0 Å². The molecule has 0 bridgehead atoms. The lowest BCUT2D eigenvalue weighted by Gasteiger charge is -2.02. The molecule has 2 N–H and O–H groups in total. The van der Waals surface area contributed by atoms with Crippen LogP contribution >= 0.6 is 11.3 Å². The molecule has 14 heavy (non-hydrogen) atoms.